The Bertz CT molecular complexity index is 585. The number of alkyl halides is 3. The Kier molecular flexibility index (Phi) is 6.34. The zero-order chi connectivity index (χ0) is 17.6. The van der Waals surface area contributed by atoms with Gasteiger partial charge in [-0.1, -0.05) is 6.07 Å². The van der Waals surface area contributed by atoms with Crippen LogP contribution in [0.15, 0.2) is 17.1 Å². The first kappa shape index (κ1) is 18.4. The summed E-state index contributed by atoms with van der Waals surface area (Å²) < 4.78 is 36.8. The molecule has 134 valence electrons. The summed E-state index contributed by atoms with van der Waals surface area (Å²) in [5, 5.41) is 15.7. The SMILES string of the molecule is CCNC(=NCc1c(O)ccc2c1CCCC2)NCCC(F)(F)F. The van der Waals surface area contributed by atoms with Crippen molar-refractivity contribution in [1.82, 2.24) is 10.6 Å². The van der Waals surface area contributed by atoms with Crippen LogP contribution in [0.1, 0.15) is 42.9 Å². The number of nitrogens with one attached hydrogen (secondary N) is 2. The number of hydrogen-bond donors (Lipinski definition) is 3. The molecule has 24 heavy (non-hydrogen) atoms. The second kappa shape index (κ2) is 8.26. The molecule has 1 aliphatic carbocycles. The van der Waals surface area contributed by atoms with Crippen LogP contribution in [0.3, 0.4) is 0 Å². The number of aliphatic imine (C=N–C) groups is 1. The van der Waals surface area contributed by atoms with Gasteiger partial charge in [-0.15, -0.1) is 0 Å². The number of guanidine groups is 1. The molecular weight excluding hydrogens is 319 g/mol. The Balaban J connectivity index is 2.08. The van der Waals surface area contributed by atoms with E-state index in [1.807, 2.05) is 13.0 Å². The summed E-state index contributed by atoms with van der Waals surface area (Å²) in [5.41, 5.74) is 3.15. The van der Waals surface area contributed by atoms with Crippen LogP contribution < -0.4 is 10.6 Å². The van der Waals surface area contributed by atoms with Crippen LogP contribution in [0, 0.1) is 0 Å². The lowest BCUT2D eigenvalue weighted by molar-refractivity contribution is -0.132. The number of aromatic hydroxyl groups is 1. The fraction of sp³-hybridized carbons (Fsp3) is 0.588. The predicted octanol–water partition coefficient (Wildman–Crippen LogP) is 3.28. The lowest BCUT2D eigenvalue weighted by Gasteiger charge is -2.20. The average molecular weight is 343 g/mol. The van der Waals surface area contributed by atoms with Gasteiger partial charge in [-0.05, 0) is 49.8 Å². The van der Waals surface area contributed by atoms with Crippen LogP contribution in [0.2, 0.25) is 0 Å². The van der Waals surface area contributed by atoms with Crippen molar-refractivity contribution in [3.05, 3.63) is 28.8 Å². The predicted molar refractivity (Wildman–Crippen MR) is 88.2 cm³/mol. The van der Waals surface area contributed by atoms with Crippen molar-refractivity contribution < 1.29 is 18.3 Å². The Morgan fingerprint density at radius 1 is 1.21 bits per heavy atom. The molecule has 3 N–H and O–H groups in total. The fourth-order valence-corrected chi connectivity index (χ4v) is 2.89. The van der Waals surface area contributed by atoms with Gasteiger partial charge in [0.2, 0.25) is 0 Å². The zero-order valence-electron chi connectivity index (χ0n) is 13.8. The number of rotatable bonds is 5. The van der Waals surface area contributed by atoms with E-state index in [-0.39, 0.29) is 18.8 Å². The van der Waals surface area contributed by atoms with Crippen molar-refractivity contribution in [1.29, 1.82) is 0 Å². The largest absolute Gasteiger partial charge is 0.508 e. The Labute approximate surface area is 140 Å². The zero-order valence-corrected chi connectivity index (χ0v) is 13.8. The molecule has 0 aromatic heterocycles. The number of hydrogen-bond acceptors (Lipinski definition) is 2. The highest BCUT2D eigenvalue weighted by atomic mass is 19.4. The lowest BCUT2D eigenvalue weighted by Crippen LogP contribution is -2.38. The molecule has 0 aliphatic heterocycles. The number of phenolic OH excluding ortho intramolecular Hbond substituents is 1. The standard InChI is InChI=1S/C17H24F3N3O/c1-2-21-16(22-10-9-17(18,19)20)23-11-14-13-6-4-3-5-12(13)7-8-15(14)24/h7-8,24H,2-6,9-11H2,1H3,(H2,21,22,23). The van der Waals surface area contributed by atoms with E-state index in [9.17, 15) is 18.3 Å². The van der Waals surface area contributed by atoms with E-state index < -0.39 is 12.6 Å². The maximum absolute atomic E-state index is 12.3. The van der Waals surface area contributed by atoms with E-state index in [0.717, 1.165) is 36.8 Å². The Morgan fingerprint density at radius 2 is 1.96 bits per heavy atom. The van der Waals surface area contributed by atoms with Crippen molar-refractivity contribution in [3.8, 4) is 5.75 Å². The van der Waals surface area contributed by atoms with Crippen LogP contribution in [-0.4, -0.2) is 30.3 Å². The topological polar surface area (TPSA) is 56.7 Å². The normalized spacial score (nSPS) is 15.1. The van der Waals surface area contributed by atoms with Crippen molar-refractivity contribution in [3.63, 3.8) is 0 Å². The van der Waals surface area contributed by atoms with Gasteiger partial charge in [0.25, 0.3) is 0 Å². The van der Waals surface area contributed by atoms with Crippen LogP contribution >= 0.6 is 0 Å². The molecule has 0 amide bonds. The van der Waals surface area contributed by atoms with E-state index in [4.69, 9.17) is 0 Å². The van der Waals surface area contributed by atoms with Gasteiger partial charge in [-0.2, -0.15) is 13.2 Å². The number of aryl methyl sites for hydroxylation is 1. The monoisotopic (exact) mass is 343 g/mol. The molecule has 4 nitrogen and oxygen atoms in total. The number of benzene rings is 1. The van der Waals surface area contributed by atoms with Gasteiger partial charge in [0, 0.05) is 18.7 Å². The molecule has 0 unspecified atom stereocenters. The highest BCUT2D eigenvalue weighted by molar-refractivity contribution is 5.79. The molecule has 0 bridgehead atoms. The molecule has 0 heterocycles. The first-order chi connectivity index (χ1) is 11.4. The highest BCUT2D eigenvalue weighted by Crippen LogP contribution is 2.31. The van der Waals surface area contributed by atoms with E-state index in [1.54, 1.807) is 6.07 Å². The van der Waals surface area contributed by atoms with Crippen LogP contribution in [0.4, 0.5) is 13.2 Å². The molecular formula is C17H24F3N3O. The van der Waals surface area contributed by atoms with Gasteiger partial charge in [0.15, 0.2) is 5.96 Å². The van der Waals surface area contributed by atoms with E-state index in [1.165, 1.54) is 5.56 Å². The van der Waals surface area contributed by atoms with Gasteiger partial charge >= 0.3 is 6.18 Å². The number of fused-ring (bicyclic) bond motifs is 1. The maximum atomic E-state index is 12.3. The molecule has 1 aromatic carbocycles. The molecule has 0 radical (unpaired) electrons. The summed E-state index contributed by atoms with van der Waals surface area (Å²) in [6.45, 7) is 2.42. The van der Waals surface area contributed by atoms with E-state index in [0.29, 0.717) is 12.5 Å². The maximum Gasteiger partial charge on any atom is 0.390 e. The van der Waals surface area contributed by atoms with Crippen LogP contribution in [0.25, 0.3) is 0 Å². The summed E-state index contributed by atoms with van der Waals surface area (Å²) in [4.78, 5) is 4.34. The van der Waals surface area contributed by atoms with E-state index >= 15 is 0 Å². The van der Waals surface area contributed by atoms with Crippen molar-refractivity contribution in [2.24, 2.45) is 4.99 Å². The molecule has 0 atom stereocenters. The number of nitrogens with zero attached hydrogens (tertiary/aromatic N) is 1. The molecule has 2 rings (SSSR count). The smallest absolute Gasteiger partial charge is 0.390 e. The minimum atomic E-state index is -4.19. The minimum absolute atomic E-state index is 0.200. The van der Waals surface area contributed by atoms with Crippen LogP contribution in [0.5, 0.6) is 5.75 Å². The molecule has 0 saturated carbocycles. The first-order valence-corrected chi connectivity index (χ1v) is 8.32. The summed E-state index contributed by atoms with van der Waals surface area (Å²) >= 11 is 0. The Morgan fingerprint density at radius 3 is 2.67 bits per heavy atom. The molecule has 0 fully saturated rings. The number of halogens is 3. The van der Waals surface area contributed by atoms with Crippen molar-refractivity contribution in [2.75, 3.05) is 13.1 Å². The van der Waals surface area contributed by atoms with Gasteiger partial charge in [-0.25, -0.2) is 4.99 Å². The summed E-state index contributed by atoms with van der Waals surface area (Å²) in [6, 6.07) is 3.63. The molecule has 0 spiro atoms. The molecule has 0 saturated heterocycles. The third-order valence-corrected chi connectivity index (χ3v) is 4.07. The summed E-state index contributed by atoms with van der Waals surface area (Å²) in [7, 11) is 0. The minimum Gasteiger partial charge on any atom is -0.508 e. The highest BCUT2D eigenvalue weighted by Gasteiger charge is 2.26. The first-order valence-electron chi connectivity index (χ1n) is 8.32. The van der Waals surface area contributed by atoms with E-state index in [2.05, 4.69) is 15.6 Å². The number of phenols is 1. The van der Waals surface area contributed by atoms with Crippen molar-refractivity contribution in [2.45, 2.75) is 51.7 Å². The van der Waals surface area contributed by atoms with Gasteiger partial charge in [-0.3, -0.25) is 0 Å². The third kappa shape index (κ3) is 5.32. The summed E-state index contributed by atoms with van der Waals surface area (Å²) in [5.74, 6) is 0.528. The second-order valence-corrected chi connectivity index (χ2v) is 5.90. The molecule has 1 aliphatic rings. The third-order valence-electron chi connectivity index (χ3n) is 4.07. The summed E-state index contributed by atoms with van der Waals surface area (Å²) in [6.07, 6.45) is -0.980. The van der Waals surface area contributed by atoms with Crippen molar-refractivity contribution >= 4 is 5.96 Å². The molecule has 1 aromatic rings. The van der Waals surface area contributed by atoms with Gasteiger partial charge in [0.1, 0.15) is 5.75 Å². The Hall–Kier alpha value is -1.92. The lowest BCUT2D eigenvalue weighted by atomic mass is 9.88. The van der Waals surface area contributed by atoms with Gasteiger partial charge in [0.05, 0.1) is 13.0 Å². The molecule has 7 heteroatoms. The quantitative estimate of drug-likeness (QED) is 0.568. The van der Waals surface area contributed by atoms with Crippen LogP contribution in [-0.2, 0) is 19.4 Å². The fourth-order valence-electron chi connectivity index (χ4n) is 2.89. The second-order valence-electron chi connectivity index (χ2n) is 5.90. The average Bonchev–Trinajstić information content (AvgIpc) is 2.52. The van der Waals surface area contributed by atoms with Gasteiger partial charge < -0.3 is 15.7 Å².